The topological polar surface area (TPSA) is 43.2 Å². The number of ether oxygens (including phenoxy) is 2. The van der Waals surface area contributed by atoms with E-state index in [1.165, 1.54) is 0 Å². The molecular formula is C27H26N2O2. The maximum atomic E-state index is 6.52. The van der Waals surface area contributed by atoms with Crippen molar-refractivity contribution in [3.63, 3.8) is 0 Å². The molecule has 4 heteroatoms. The first-order chi connectivity index (χ1) is 15.1. The van der Waals surface area contributed by atoms with Crippen LogP contribution in [0, 0.1) is 5.41 Å². The molecular weight excluding hydrogens is 384 g/mol. The molecule has 0 bridgehead atoms. The quantitative estimate of drug-likeness (QED) is 0.510. The zero-order valence-corrected chi connectivity index (χ0v) is 17.8. The molecule has 4 nitrogen and oxygen atoms in total. The standard InChI is InChI=1S/C27H26N2O2/c1-27(2,25-28-18-22(30-25)19-12-6-3-7-13-19)26-29-23(20-14-8-4-9-15-20)24(31-26)21-16-10-5-11-17-21/h3-17,22-24H,18H2,1-2H3/t22-,23-,24+/m1/s1. The molecule has 3 aromatic carbocycles. The molecule has 0 saturated carbocycles. The molecule has 0 saturated heterocycles. The summed E-state index contributed by atoms with van der Waals surface area (Å²) in [5.41, 5.74) is 2.83. The van der Waals surface area contributed by atoms with Crippen molar-refractivity contribution in [2.45, 2.75) is 32.1 Å². The van der Waals surface area contributed by atoms with E-state index in [9.17, 15) is 0 Å². The van der Waals surface area contributed by atoms with Crippen molar-refractivity contribution in [2.75, 3.05) is 6.54 Å². The molecule has 31 heavy (non-hydrogen) atoms. The van der Waals surface area contributed by atoms with Crippen LogP contribution in [0.25, 0.3) is 0 Å². The fourth-order valence-electron chi connectivity index (χ4n) is 4.16. The van der Waals surface area contributed by atoms with Crippen molar-refractivity contribution in [1.82, 2.24) is 0 Å². The second-order valence-electron chi connectivity index (χ2n) is 8.53. The first kappa shape index (κ1) is 19.6. The van der Waals surface area contributed by atoms with Gasteiger partial charge in [-0.05, 0) is 30.5 Å². The summed E-state index contributed by atoms with van der Waals surface area (Å²) < 4.78 is 12.8. The molecule has 156 valence electrons. The molecule has 2 heterocycles. The van der Waals surface area contributed by atoms with Gasteiger partial charge >= 0.3 is 0 Å². The summed E-state index contributed by atoms with van der Waals surface area (Å²) in [6, 6.07) is 30.8. The molecule has 0 spiro atoms. The lowest BCUT2D eigenvalue weighted by Crippen LogP contribution is -2.34. The van der Waals surface area contributed by atoms with Crippen LogP contribution < -0.4 is 0 Å². The Kier molecular flexibility index (Phi) is 5.06. The van der Waals surface area contributed by atoms with Crippen molar-refractivity contribution < 1.29 is 9.47 Å². The van der Waals surface area contributed by atoms with E-state index in [2.05, 4.69) is 50.2 Å². The number of nitrogens with zero attached hydrogens (tertiary/aromatic N) is 2. The van der Waals surface area contributed by atoms with Crippen molar-refractivity contribution >= 4 is 11.8 Å². The lowest BCUT2D eigenvalue weighted by Gasteiger charge is -2.26. The van der Waals surface area contributed by atoms with E-state index in [0.717, 1.165) is 16.7 Å². The lowest BCUT2D eigenvalue weighted by atomic mass is 9.93. The number of aliphatic imine (C=N–C) groups is 2. The van der Waals surface area contributed by atoms with Gasteiger partial charge in [0.1, 0.15) is 17.6 Å². The van der Waals surface area contributed by atoms with E-state index in [1.54, 1.807) is 0 Å². The third kappa shape index (κ3) is 3.74. The molecule has 2 aliphatic rings. The number of hydrogen-bond donors (Lipinski definition) is 0. The van der Waals surface area contributed by atoms with Gasteiger partial charge in [-0.2, -0.15) is 0 Å². The zero-order chi connectivity index (χ0) is 21.3. The van der Waals surface area contributed by atoms with E-state index >= 15 is 0 Å². The minimum Gasteiger partial charge on any atom is -0.470 e. The van der Waals surface area contributed by atoms with Crippen LogP contribution in [0.4, 0.5) is 0 Å². The number of benzene rings is 3. The Bertz CT molecular complexity index is 1090. The van der Waals surface area contributed by atoms with Crippen LogP contribution in [0.2, 0.25) is 0 Å². The average molecular weight is 411 g/mol. The molecule has 5 rings (SSSR count). The number of hydrogen-bond acceptors (Lipinski definition) is 4. The van der Waals surface area contributed by atoms with Gasteiger partial charge in [0.2, 0.25) is 0 Å². The lowest BCUT2D eigenvalue weighted by molar-refractivity contribution is 0.170. The molecule has 3 aromatic rings. The highest BCUT2D eigenvalue weighted by Crippen LogP contribution is 2.44. The maximum absolute atomic E-state index is 6.52. The van der Waals surface area contributed by atoms with Gasteiger partial charge in [-0.1, -0.05) is 91.0 Å². The summed E-state index contributed by atoms with van der Waals surface area (Å²) in [4.78, 5) is 9.80. The van der Waals surface area contributed by atoms with Gasteiger partial charge in [0.15, 0.2) is 17.9 Å². The summed E-state index contributed by atoms with van der Waals surface area (Å²) >= 11 is 0. The largest absolute Gasteiger partial charge is 0.470 e. The Balaban J connectivity index is 1.43. The molecule has 2 aliphatic heterocycles. The summed E-state index contributed by atoms with van der Waals surface area (Å²) in [6.45, 7) is 4.77. The van der Waals surface area contributed by atoms with Gasteiger partial charge in [0.05, 0.1) is 6.54 Å². The van der Waals surface area contributed by atoms with Crippen molar-refractivity contribution in [2.24, 2.45) is 15.4 Å². The second-order valence-corrected chi connectivity index (χ2v) is 8.53. The minimum absolute atomic E-state index is 0.0627. The second kappa shape index (κ2) is 8.03. The molecule has 0 unspecified atom stereocenters. The first-order valence-electron chi connectivity index (χ1n) is 10.7. The van der Waals surface area contributed by atoms with E-state index < -0.39 is 5.41 Å². The fraction of sp³-hybridized carbons (Fsp3) is 0.259. The predicted molar refractivity (Wildman–Crippen MR) is 123 cm³/mol. The van der Waals surface area contributed by atoms with Gasteiger partial charge < -0.3 is 9.47 Å². The van der Waals surface area contributed by atoms with Crippen LogP contribution in [0.3, 0.4) is 0 Å². The molecule has 3 atom stereocenters. The summed E-state index contributed by atoms with van der Waals surface area (Å²) in [5.74, 6) is 1.35. The van der Waals surface area contributed by atoms with Gasteiger partial charge in [-0.25, -0.2) is 4.99 Å². The van der Waals surface area contributed by atoms with E-state index in [1.807, 2.05) is 54.6 Å². The van der Waals surface area contributed by atoms with Crippen LogP contribution in [0.5, 0.6) is 0 Å². The van der Waals surface area contributed by atoms with Gasteiger partial charge in [-0.15, -0.1) is 0 Å². The van der Waals surface area contributed by atoms with Crippen molar-refractivity contribution in [3.8, 4) is 0 Å². The SMILES string of the molecule is CC(C)(C1=NC[C@H](c2ccccc2)O1)C1=N[C@H](c2ccccc2)[C@H](c2ccccc2)O1. The highest BCUT2D eigenvalue weighted by Gasteiger charge is 2.45. The first-order valence-corrected chi connectivity index (χ1v) is 10.7. The van der Waals surface area contributed by atoms with E-state index in [-0.39, 0.29) is 18.2 Å². The van der Waals surface area contributed by atoms with Crippen LogP contribution in [-0.4, -0.2) is 18.3 Å². The molecule has 0 N–H and O–H groups in total. The smallest absolute Gasteiger partial charge is 0.200 e. The maximum Gasteiger partial charge on any atom is 0.200 e. The molecule has 0 aromatic heterocycles. The summed E-state index contributed by atoms with van der Waals surface area (Å²) in [5, 5.41) is 0. The minimum atomic E-state index is -0.555. The highest BCUT2D eigenvalue weighted by molar-refractivity contribution is 6.05. The highest BCUT2D eigenvalue weighted by atomic mass is 16.5. The van der Waals surface area contributed by atoms with E-state index in [4.69, 9.17) is 19.5 Å². The third-order valence-electron chi connectivity index (χ3n) is 5.95. The molecule has 0 aliphatic carbocycles. The Morgan fingerprint density at radius 1 is 0.677 bits per heavy atom. The Morgan fingerprint density at radius 2 is 1.23 bits per heavy atom. The van der Waals surface area contributed by atoms with Crippen LogP contribution >= 0.6 is 0 Å². The van der Waals surface area contributed by atoms with Crippen molar-refractivity contribution in [3.05, 3.63) is 108 Å². The van der Waals surface area contributed by atoms with E-state index in [0.29, 0.717) is 18.3 Å². The zero-order valence-electron chi connectivity index (χ0n) is 17.8. The normalized spacial score (nSPS) is 23.0. The molecule has 0 fully saturated rings. The van der Waals surface area contributed by atoms with Gasteiger partial charge in [-0.3, -0.25) is 4.99 Å². The Hall–Kier alpha value is -3.40. The van der Waals surface area contributed by atoms with Gasteiger partial charge in [0, 0.05) is 0 Å². The third-order valence-corrected chi connectivity index (χ3v) is 5.95. The number of rotatable bonds is 5. The molecule has 0 radical (unpaired) electrons. The van der Waals surface area contributed by atoms with Crippen LogP contribution in [-0.2, 0) is 9.47 Å². The molecule has 0 amide bonds. The Labute approximate surface area is 183 Å². The van der Waals surface area contributed by atoms with Crippen LogP contribution in [0.1, 0.15) is 48.8 Å². The average Bonchev–Trinajstić information content (AvgIpc) is 3.50. The Morgan fingerprint density at radius 3 is 1.84 bits per heavy atom. The summed E-state index contributed by atoms with van der Waals surface area (Å²) in [7, 11) is 0. The predicted octanol–water partition coefficient (Wildman–Crippen LogP) is 6.09. The van der Waals surface area contributed by atoms with Crippen LogP contribution in [0.15, 0.2) is 101 Å². The fourth-order valence-corrected chi connectivity index (χ4v) is 4.16. The van der Waals surface area contributed by atoms with Crippen molar-refractivity contribution in [1.29, 1.82) is 0 Å². The monoisotopic (exact) mass is 410 g/mol. The van der Waals surface area contributed by atoms with Gasteiger partial charge in [0.25, 0.3) is 0 Å². The summed E-state index contributed by atoms with van der Waals surface area (Å²) in [6.07, 6.45) is -0.239.